The molecule has 130 valence electrons. The van der Waals surface area contributed by atoms with Crippen LogP contribution in [0.1, 0.15) is 31.2 Å². The van der Waals surface area contributed by atoms with Gasteiger partial charge in [-0.05, 0) is 43.2 Å². The second-order valence-corrected chi connectivity index (χ2v) is 8.79. The number of piperidine rings is 1. The molecular formula is C18H24N2O3S. The lowest BCUT2D eigenvalue weighted by Crippen LogP contribution is -2.42. The van der Waals surface area contributed by atoms with Gasteiger partial charge in [-0.25, -0.2) is 12.7 Å². The second kappa shape index (κ2) is 7.49. The van der Waals surface area contributed by atoms with Crippen molar-refractivity contribution >= 4 is 22.0 Å². The van der Waals surface area contributed by atoms with E-state index in [-0.39, 0.29) is 11.2 Å². The molecule has 24 heavy (non-hydrogen) atoms. The maximum atomic E-state index is 12.2. The molecule has 0 spiro atoms. The Morgan fingerprint density at radius 3 is 2.42 bits per heavy atom. The van der Waals surface area contributed by atoms with Crippen molar-refractivity contribution in [2.75, 3.05) is 19.6 Å². The maximum Gasteiger partial charge on any atom is 0.244 e. The third-order valence-electron chi connectivity index (χ3n) is 4.67. The van der Waals surface area contributed by atoms with E-state index in [9.17, 15) is 13.2 Å². The summed E-state index contributed by atoms with van der Waals surface area (Å²) in [4.78, 5) is 11.9. The number of sulfonamides is 1. The largest absolute Gasteiger partial charge is 0.352 e. The van der Waals surface area contributed by atoms with Gasteiger partial charge in [0.25, 0.3) is 0 Å². The lowest BCUT2D eigenvalue weighted by molar-refractivity contribution is -0.116. The van der Waals surface area contributed by atoms with E-state index in [0.717, 1.165) is 31.2 Å². The van der Waals surface area contributed by atoms with Gasteiger partial charge in [-0.3, -0.25) is 4.79 Å². The third-order valence-corrected chi connectivity index (χ3v) is 7.07. The normalized spacial score (nSPS) is 20.3. The average Bonchev–Trinajstić information content (AvgIpc) is 3.45. The highest BCUT2D eigenvalue weighted by Gasteiger charge is 2.41. The third kappa shape index (κ3) is 4.45. The monoisotopic (exact) mass is 348 g/mol. The Kier molecular flexibility index (Phi) is 5.36. The fourth-order valence-electron chi connectivity index (χ4n) is 2.98. The number of amides is 1. The molecular weight excluding hydrogens is 324 g/mol. The fourth-order valence-corrected chi connectivity index (χ4v) is 4.86. The zero-order chi connectivity index (χ0) is 17.0. The van der Waals surface area contributed by atoms with Crippen molar-refractivity contribution in [2.45, 2.75) is 30.9 Å². The van der Waals surface area contributed by atoms with Crippen LogP contribution in [0.3, 0.4) is 0 Å². The number of carbonyl (C=O) groups is 1. The summed E-state index contributed by atoms with van der Waals surface area (Å²) < 4.78 is 26.0. The molecule has 0 unspecified atom stereocenters. The van der Waals surface area contributed by atoms with Crippen LogP contribution >= 0.6 is 0 Å². The van der Waals surface area contributed by atoms with Crippen LogP contribution in [0.5, 0.6) is 0 Å². The molecule has 1 aromatic carbocycles. The highest BCUT2D eigenvalue weighted by atomic mass is 32.2. The predicted octanol–water partition coefficient (Wildman–Crippen LogP) is 2.02. The molecule has 0 radical (unpaired) electrons. The molecule has 6 heteroatoms. The van der Waals surface area contributed by atoms with E-state index in [1.165, 1.54) is 0 Å². The van der Waals surface area contributed by atoms with Crippen LogP contribution in [-0.4, -0.2) is 43.5 Å². The van der Waals surface area contributed by atoms with E-state index < -0.39 is 10.0 Å². The molecule has 2 fully saturated rings. The summed E-state index contributed by atoms with van der Waals surface area (Å²) in [6, 6.07) is 9.69. The number of benzene rings is 1. The van der Waals surface area contributed by atoms with E-state index >= 15 is 0 Å². The Morgan fingerprint density at radius 1 is 1.12 bits per heavy atom. The minimum absolute atomic E-state index is 0.105. The topological polar surface area (TPSA) is 66.5 Å². The number of rotatable bonds is 6. The van der Waals surface area contributed by atoms with Gasteiger partial charge in [-0.1, -0.05) is 30.3 Å². The molecule has 5 nitrogen and oxygen atoms in total. The first-order valence-electron chi connectivity index (χ1n) is 8.55. The second-order valence-electron chi connectivity index (χ2n) is 6.58. The van der Waals surface area contributed by atoms with Gasteiger partial charge in [0.1, 0.15) is 0 Å². The SMILES string of the molecule is O=C(C=Cc1ccccc1)NCC1CCN(S(=O)(=O)C2CC2)CC1. The van der Waals surface area contributed by atoms with Crippen molar-refractivity contribution in [2.24, 2.45) is 5.92 Å². The first-order chi connectivity index (χ1) is 11.6. The molecule has 3 rings (SSSR count). The van der Waals surface area contributed by atoms with E-state index in [1.54, 1.807) is 16.5 Å². The first-order valence-corrected chi connectivity index (χ1v) is 10.1. The van der Waals surface area contributed by atoms with Crippen LogP contribution in [0.2, 0.25) is 0 Å². The first kappa shape index (κ1) is 17.2. The molecule has 0 bridgehead atoms. The van der Waals surface area contributed by atoms with E-state index in [2.05, 4.69) is 5.32 Å². The van der Waals surface area contributed by atoms with Crippen LogP contribution < -0.4 is 5.32 Å². The van der Waals surface area contributed by atoms with Crippen molar-refractivity contribution in [1.82, 2.24) is 9.62 Å². The molecule has 1 heterocycles. The minimum atomic E-state index is -3.05. The molecule has 2 aliphatic rings. The van der Waals surface area contributed by atoms with Gasteiger partial charge in [0.05, 0.1) is 5.25 Å². The number of nitrogens with one attached hydrogen (secondary N) is 1. The molecule has 1 aliphatic heterocycles. The van der Waals surface area contributed by atoms with Crippen molar-refractivity contribution in [3.8, 4) is 0 Å². The Morgan fingerprint density at radius 2 is 1.79 bits per heavy atom. The molecule has 1 aromatic rings. The molecule has 0 aromatic heterocycles. The van der Waals surface area contributed by atoms with Crippen LogP contribution in [0, 0.1) is 5.92 Å². The lowest BCUT2D eigenvalue weighted by atomic mass is 9.98. The summed E-state index contributed by atoms with van der Waals surface area (Å²) >= 11 is 0. The Bertz CT molecular complexity index is 688. The van der Waals surface area contributed by atoms with Crippen LogP contribution in [0.4, 0.5) is 0 Å². The van der Waals surface area contributed by atoms with Crippen LogP contribution in [-0.2, 0) is 14.8 Å². The zero-order valence-electron chi connectivity index (χ0n) is 13.7. The summed E-state index contributed by atoms with van der Waals surface area (Å²) in [7, 11) is -3.05. The van der Waals surface area contributed by atoms with Gasteiger partial charge in [0.2, 0.25) is 15.9 Å². The number of hydrogen-bond acceptors (Lipinski definition) is 3. The number of carbonyl (C=O) groups excluding carboxylic acids is 1. The Balaban J connectivity index is 1.40. The zero-order valence-corrected chi connectivity index (χ0v) is 14.5. The summed E-state index contributed by atoms with van der Waals surface area (Å²) in [5.74, 6) is 0.247. The van der Waals surface area contributed by atoms with Crippen molar-refractivity contribution in [3.63, 3.8) is 0 Å². The summed E-state index contributed by atoms with van der Waals surface area (Å²) in [6.07, 6.45) is 6.59. The van der Waals surface area contributed by atoms with E-state index in [1.807, 2.05) is 30.3 Å². The number of hydrogen-bond donors (Lipinski definition) is 1. The number of nitrogens with zero attached hydrogens (tertiary/aromatic N) is 1. The highest BCUT2D eigenvalue weighted by molar-refractivity contribution is 7.90. The summed E-state index contributed by atoms with van der Waals surface area (Å²) in [6.45, 7) is 1.77. The van der Waals surface area contributed by atoms with E-state index in [4.69, 9.17) is 0 Å². The van der Waals surface area contributed by atoms with Gasteiger partial charge < -0.3 is 5.32 Å². The van der Waals surface area contributed by atoms with Crippen molar-refractivity contribution in [3.05, 3.63) is 42.0 Å². The molecule has 1 aliphatic carbocycles. The maximum absolute atomic E-state index is 12.2. The fraction of sp³-hybridized carbons (Fsp3) is 0.500. The Labute approximate surface area is 143 Å². The van der Waals surface area contributed by atoms with Gasteiger partial charge in [0, 0.05) is 25.7 Å². The molecule has 0 atom stereocenters. The van der Waals surface area contributed by atoms with Gasteiger partial charge in [-0.15, -0.1) is 0 Å². The quantitative estimate of drug-likeness (QED) is 0.800. The Hall–Kier alpha value is -1.66. The van der Waals surface area contributed by atoms with Crippen molar-refractivity contribution < 1.29 is 13.2 Å². The molecule has 1 amide bonds. The minimum Gasteiger partial charge on any atom is -0.352 e. The van der Waals surface area contributed by atoms with Gasteiger partial charge in [-0.2, -0.15) is 0 Å². The summed E-state index contributed by atoms with van der Waals surface area (Å²) in [5, 5.41) is 2.79. The summed E-state index contributed by atoms with van der Waals surface area (Å²) in [5.41, 5.74) is 0.992. The highest BCUT2D eigenvalue weighted by Crippen LogP contribution is 2.32. The molecule has 1 saturated carbocycles. The smallest absolute Gasteiger partial charge is 0.244 e. The van der Waals surface area contributed by atoms with Gasteiger partial charge in [0.15, 0.2) is 0 Å². The molecule has 1 N–H and O–H groups in total. The van der Waals surface area contributed by atoms with Crippen LogP contribution in [0.15, 0.2) is 36.4 Å². The predicted molar refractivity (Wildman–Crippen MR) is 94.7 cm³/mol. The average molecular weight is 348 g/mol. The van der Waals surface area contributed by atoms with Gasteiger partial charge >= 0.3 is 0 Å². The van der Waals surface area contributed by atoms with Crippen molar-refractivity contribution in [1.29, 1.82) is 0 Å². The van der Waals surface area contributed by atoms with Crippen LogP contribution in [0.25, 0.3) is 6.08 Å². The molecule has 1 saturated heterocycles. The lowest BCUT2D eigenvalue weighted by Gasteiger charge is -2.31. The standard InChI is InChI=1S/C18H24N2O3S/c21-18(9-6-15-4-2-1-3-5-15)19-14-16-10-12-20(13-11-16)24(22,23)17-7-8-17/h1-6,9,16-17H,7-8,10-14H2,(H,19,21). The van der Waals surface area contributed by atoms with E-state index in [0.29, 0.717) is 25.6 Å².